The van der Waals surface area contributed by atoms with Crippen molar-refractivity contribution < 1.29 is 9.18 Å². The molecule has 0 radical (unpaired) electrons. The zero-order valence-electron chi connectivity index (χ0n) is 10.4. The predicted octanol–water partition coefficient (Wildman–Crippen LogP) is 3.67. The number of Topliss-reactive ketones (excluding diaryl/α,β-unsaturated/α-hetero) is 1. The Bertz CT molecular complexity index is 728. The van der Waals surface area contributed by atoms with Gasteiger partial charge in [-0.25, -0.2) is 14.4 Å². The van der Waals surface area contributed by atoms with Crippen molar-refractivity contribution in [2.24, 2.45) is 4.99 Å². The molecule has 0 bridgehead atoms. The second-order valence-corrected chi connectivity index (χ2v) is 5.38. The van der Waals surface area contributed by atoms with Gasteiger partial charge in [-0.05, 0) is 39.7 Å². The van der Waals surface area contributed by atoms with Crippen LogP contribution in [0.4, 0.5) is 10.2 Å². The van der Waals surface area contributed by atoms with Crippen molar-refractivity contribution in [2.75, 3.05) is 0 Å². The molecule has 0 spiro atoms. The molecule has 2 heterocycles. The normalized spacial score (nSPS) is 12.5. The van der Waals surface area contributed by atoms with Crippen molar-refractivity contribution in [3.05, 3.63) is 57.4 Å². The van der Waals surface area contributed by atoms with E-state index in [0.29, 0.717) is 22.3 Å². The van der Waals surface area contributed by atoms with E-state index in [1.54, 1.807) is 30.6 Å². The summed E-state index contributed by atoms with van der Waals surface area (Å²) in [5.74, 6) is 0.281. The molecule has 0 aliphatic carbocycles. The van der Waals surface area contributed by atoms with Crippen molar-refractivity contribution in [3.63, 3.8) is 0 Å². The molecule has 5 heteroatoms. The van der Waals surface area contributed by atoms with Gasteiger partial charge in [0.15, 0.2) is 11.6 Å². The number of pyridine rings is 1. The highest BCUT2D eigenvalue weighted by atomic mass is 79.9. The molecule has 0 fully saturated rings. The summed E-state index contributed by atoms with van der Waals surface area (Å²) in [6.07, 6.45) is 4.21. The topological polar surface area (TPSA) is 42.3 Å². The number of hydrogen-bond donors (Lipinski definition) is 0. The fraction of sp³-hybridized carbons (Fsp3) is 0.133. The first-order valence-corrected chi connectivity index (χ1v) is 6.92. The van der Waals surface area contributed by atoms with Crippen molar-refractivity contribution in [2.45, 2.75) is 12.8 Å². The van der Waals surface area contributed by atoms with Gasteiger partial charge in [0, 0.05) is 36.4 Å². The van der Waals surface area contributed by atoms with Crippen LogP contribution >= 0.6 is 15.9 Å². The van der Waals surface area contributed by atoms with Crippen molar-refractivity contribution in [1.29, 1.82) is 0 Å². The Morgan fingerprint density at radius 2 is 2.20 bits per heavy atom. The number of halogens is 2. The van der Waals surface area contributed by atoms with E-state index < -0.39 is 0 Å². The second kappa shape index (κ2) is 5.25. The monoisotopic (exact) mass is 332 g/mol. The number of nitrogens with zero attached hydrogens (tertiary/aromatic N) is 2. The summed E-state index contributed by atoms with van der Waals surface area (Å²) in [6.45, 7) is 0. The van der Waals surface area contributed by atoms with Gasteiger partial charge in [0.1, 0.15) is 5.82 Å². The van der Waals surface area contributed by atoms with Gasteiger partial charge in [-0.3, -0.25) is 4.79 Å². The number of fused-ring (bicyclic) bond motifs is 1. The Morgan fingerprint density at radius 3 is 3.00 bits per heavy atom. The van der Waals surface area contributed by atoms with Crippen LogP contribution in [0.2, 0.25) is 0 Å². The third-order valence-electron chi connectivity index (χ3n) is 3.19. The molecule has 0 saturated heterocycles. The highest BCUT2D eigenvalue weighted by molar-refractivity contribution is 9.10. The number of rotatable bonds is 3. The number of carbonyl (C=O) groups is 1. The van der Waals surface area contributed by atoms with E-state index in [-0.39, 0.29) is 18.0 Å². The van der Waals surface area contributed by atoms with Crippen LogP contribution in [0.5, 0.6) is 0 Å². The van der Waals surface area contributed by atoms with Crippen LogP contribution in [0, 0.1) is 5.82 Å². The molecular formula is C15H10BrFN2O. The molecule has 1 aromatic carbocycles. The van der Waals surface area contributed by atoms with E-state index in [4.69, 9.17) is 0 Å². The molecule has 3 rings (SSSR count). The SMILES string of the molecule is O=C(Cc1ccc(F)c(Br)c1)c1ccnc2c1CC=N2. The maximum Gasteiger partial charge on any atom is 0.167 e. The van der Waals surface area contributed by atoms with Gasteiger partial charge >= 0.3 is 0 Å². The minimum absolute atomic E-state index is 0.00680. The number of ketones is 1. The zero-order valence-corrected chi connectivity index (χ0v) is 12.0. The third kappa shape index (κ3) is 2.41. The highest BCUT2D eigenvalue weighted by Gasteiger charge is 2.18. The lowest BCUT2D eigenvalue weighted by Crippen LogP contribution is -2.07. The van der Waals surface area contributed by atoms with Gasteiger partial charge in [-0.15, -0.1) is 0 Å². The molecule has 20 heavy (non-hydrogen) atoms. The van der Waals surface area contributed by atoms with E-state index in [1.807, 2.05) is 0 Å². The van der Waals surface area contributed by atoms with Crippen LogP contribution in [-0.2, 0) is 12.8 Å². The van der Waals surface area contributed by atoms with Crippen LogP contribution in [0.15, 0.2) is 39.9 Å². The van der Waals surface area contributed by atoms with Crippen molar-refractivity contribution in [1.82, 2.24) is 4.98 Å². The molecule has 0 atom stereocenters. The molecule has 0 amide bonds. The van der Waals surface area contributed by atoms with E-state index in [1.165, 1.54) is 6.07 Å². The second-order valence-electron chi connectivity index (χ2n) is 4.52. The standard InChI is InChI=1S/C15H10BrFN2O/c16-12-7-9(1-2-13(12)17)8-14(20)10-3-5-18-15-11(10)4-6-19-15/h1-3,5-7H,4,8H2. The fourth-order valence-corrected chi connectivity index (χ4v) is 2.63. The summed E-state index contributed by atoms with van der Waals surface area (Å²) < 4.78 is 13.5. The van der Waals surface area contributed by atoms with E-state index in [9.17, 15) is 9.18 Å². The number of benzene rings is 1. The summed E-state index contributed by atoms with van der Waals surface area (Å²) >= 11 is 3.13. The lowest BCUT2D eigenvalue weighted by Gasteiger charge is -2.06. The molecule has 1 aromatic heterocycles. The smallest absolute Gasteiger partial charge is 0.167 e. The molecule has 2 aromatic rings. The Labute approximate surface area is 123 Å². The van der Waals surface area contributed by atoms with Gasteiger partial charge in [0.05, 0.1) is 4.47 Å². The Morgan fingerprint density at radius 1 is 1.35 bits per heavy atom. The van der Waals surface area contributed by atoms with Crippen LogP contribution in [0.3, 0.4) is 0 Å². The minimum Gasteiger partial charge on any atom is -0.294 e. The van der Waals surface area contributed by atoms with Gasteiger partial charge < -0.3 is 0 Å². The summed E-state index contributed by atoms with van der Waals surface area (Å²) in [4.78, 5) is 20.6. The largest absolute Gasteiger partial charge is 0.294 e. The number of hydrogen-bond acceptors (Lipinski definition) is 3. The number of carbonyl (C=O) groups excluding carboxylic acids is 1. The minimum atomic E-state index is -0.334. The lowest BCUT2D eigenvalue weighted by molar-refractivity contribution is 0.0992. The molecule has 100 valence electrons. The Hall–Kier alpha value is -1.88. The average Bonchev–Trinajstić information content (AvgIpc) is 2.91. The molecule has 0 unspecified atom stereocenters. The first kappa shape index (κ1) is 13.1. The maximum atomic E-state index is 13.2. The predicted molar refractivity (Wildman–Crippen MR) is 78.2 cm³/mol. The van der Waals surface area contributed by atoms with E-state index >= 15 is 0 Å². The molecule has 3 nitrogen and oxygen atoms in total. The molecule has 1 aliphatic rings. The third-order valence-corrected chi connectivity index (χ3v) is 3.80. The van der Waals surface area contributed by atoms with Crippen LogP contribution in [0.1, 0.15) is 21.5 Å². The summed E-state index contributed by atoms with van der Waals surface area (Å²) in [7, 11) is 0. The van der Waals surface area contributed by atoms with Crippen molar-refractivity contribution in [3.8, 4) is 0 Å². The lowest BCUT2D eigenvalue weighted by atomic mass is 9.99. The average molecular weight is 333 g/mol. The number of aliphatic imine (C=N–C) groups is 1. The highest BCUT2D eigenvalue weighted by Crippen LogP contribution is 2.26. The molecule has 1 aliphatic heterocycles. The van der Waals surface area contributed by atoms with Gasteiger partial charge in [-0.2, -0.15) is 0 Å². The zero-order chi connectivity index (χ0) is 14.1. The first-order chi connectivity index (χ1) is 9.65. The fourth-order valence-electron chi connectivity index (χ4n) is 2.21. The van der Waals surface area contributed by atoms with Gasteiger partial charge in [0.2, 0.25) is 0 Å². The Kier molecular flexibility index (Phi) is 3.44. The molecular weight excluding hydrogens is 323 g/mol. The van der Waals surface area contributed by atoms with Crippen LogP contribution in [0.25, 0.3) is 0 Å². The van der Waals surface area contributed by atoms with Crippen LogP contribution < -0.4 is 0 Å². The van der Waals surface area contributed by atoms with Gasteiger partial charge in [0.25, 0.3) is 0 Å². The van der Waals surface area contributed by atoms with E-state index in [2.05, 4.69) is 25.9 Å². The maximum absolute atomic E-state index is 13.2. The van der Waals surface area contributed by atoms with E-state index in [0.717, 1.165) is 11.1 Å². The molecule has 0 saturated carbocycles. The first-order valence-electron chi connectivity index (χ1n) is 6.12. The van der Waals surface area contributed by atoms with Gasteiger partial charge in [-0.1, -0.05) is 6.07 Å². The summed E-state index contributed by atoms with van der Waals surface area (Å²) in [6, 6.07) is 6.32. The van der Waals surface area contributed by atoms with Crippen LogP contribution in [-0.4, -0.2) is 17.0 Å². The summed E-state index contributed by atoms with van der Waals surface area (Å²) in [5.41, 5.74) is 2.29. The molecule has 0 N–H and O–H groups in total. The summed E-state index contributed by atoms with van der Waals surface area (Å²) in [5, 5.41) is 0. The Balaban J connectivity index is 1.87. The quantitative estimate of drug-likeness (QED) is 0.805. The number of aromatic nitrogens is 1. The van der Waals surface area contributed by atoms with Crippen molar-refractivity contribution >= 4 is 33.7 Å².